The van der Waals surface area contributed by atoms with Crippen molar-refractivity contribution in [2.75, 3.05) is 16.6 Å². The van der Waals surface area contributed by atoms with E-state index in [1.54, 1.807) is 55.5 Å². The number of hydrogen-bond acceptors (Lipinski definition) is 5. The van der Waals surface area contributed by atoms with Gasteiger partial charge in [-0.25, -0.2) is 17.8 Å². The number of nitrogens with two attached hydrogens (primary N) is 1. The Morgan fingerprint density at radius 1 is 1.03 bits per heavy atom. The van der Waals surface area contributed by atoms with Gasteiger partial charge in [0.05, 0.1) is 26.8 Å². The smallest absolute Gasteiger partial charge is 0.354 e. The highest BCUT2D eigenvalue weighted by atomic mass is 35.5. The highest BCUT2D eigenvalue weighted by Crippen LogP contribution is 2.30. The van der Waals surface area contributed by atoms with Crippen LogP contribution in [0.3, 0.4) is 0 Å². The van der Waals surface area contributed by atoms with Gasteiger partial charge < -0.3 is 5.73 Å². The van der Waals surface area contributed by atoms with E-state index in [2.05, 4.69) is 4.98 Å². The molecule has 4 rings (SSSR count). The molecule has 7 nitrogen and oxygen atoms in total. The molecule has 0 fully saturated rings. The lowest BCUT2D eigenvalue weighted by Gasteiger charge is -2.23. The van der Waals surface area contributed by atoms with E-state index >= 15 is 0 Å². The maximum absolute atomic E-state index is 13.4. The Balaban J connectivity index is 1.91. The zero-order chi connectivity index (χ0) is 22.2. The number of sulfonamides is 1. The van der Waals surface area contributed by atoms with Gasteiger partial charge in [0, 0.05) is 11.9 Å². The minimum Gasteiger partial charge on any atom is -0.384 e. The topological polar surface area (TPSA) is 98.3 Å². The van der Waals surface area contributed by atoms with E-state index in [4.69, 9.17) is 17.3 Å². The first-order valence-corrected chi connectivity index (χ1v) is 11.3. The Morgan fingerprint density at radius 2 is 1.71 bits per heavy atom. The lowest BCUT2D eigenvalue weighted by Crippen LogP contribution is -2.31. The molecule has 0 aliphatic rings. The maximum atomic E-state index is 13.4. The van der Waals surface area contributed by atoms with Crippen molar-refractivity contribution in [3.63, 3.8) is 0 Å². The molecule has 0 aliphatic carbocycles. The van der Waals surface area contributed by atoms with Gasteiger partial charge in [-0.05, 0) is 49.4 Å². The van der Waals surface area contributed by atoms with E-state index in [1.165, 1.54) is 22.5 Å². The summed E-state index contributed by atoms with van der Waals surface area (Å²) < 4.78 is 29.2. The maximum Gasteiger partial charge on any atom is 0.354 e. The van der Waals surface area contributed by atoms with Gasteiger partial charge in [-0.3, -0.25) is 4.31 Å². The fourth-order valence-electron chi connectivity index (χ4n) is 3.43. The highest BCUT2D eigenvalue weighted by Gasteiger charge is 2.25. The number of rotatable bonds is 5. The molecule has 0 aliphatic heterocycles. The molecule has 1 heterocycles. The molecule has 9 heteroatoms. The summed E-state index contributed by atoms with van der Waals surface area (Å²) in [5.41, 5.74) is 6.74. The van der Waals surface area contributed by atoms with Gasteiger partial charge >= 0.3 is 5.69 Å². The van der Waals surface area contributed by atoms with Crippen LogP contribution >= 0.6 is 11.6 Å². The molecule has 2 N–H and O–H groups in total. The van der Waals surface area contributed by atoms with Crippen molar-refractivity contribution in [2.24, 2.45) is 0 Å². The van der Waals surface area contributed by atoms with Crippen molar-refractivity contribution in [2.45, 2.75) is 11.8 Å². The Labute approximate surface area is 184 Å². The zero-order valence-electron chi connectivity index (χ0n) is 16.6. The average Bonchev–Trinajstić information content (AvgIpc) is 2.76. The van der Waals surface area contributed by atoms with Crippen molar-refractivity contribution < 1.29 is 8.42 Å². The number of nitrogen functional groups attached to an aromatic ring is 1. The summed E-state index contributed by atoms with van der Waals surface area (Å²) in [7, 11) is -3.92. The van der Waals surface area contributed by atoms with E-state index in [0.29, 0.717) is 16.6 Å². The van der Waals surface area contributed by atoms with Crippen LogP contribution in [0.1, 0.15) is 6.92 Å². The van der Waals surface area contributed by atoms with Gasteiger partial charge in [0.2, 0.25) is 0 Å². The van der Waals surface area contributed by atoms with Crippen molar-refractivity contribution in [3.8, 4) is 5.69 Å². The number of anilines is 2. The summed E-state index contributed by atoms with van der Waals surface area (Å²) in [6.45, 7) is 1.97. The largest absolute Gasteiger partial charge is 0.384 e. The Morgan fingerprint density at radius 3 is 2.42 bits per heavy atom. The molecule has 0 saturated heterocycles. The van der Waals surface area contributed by atoms with Crippen LogP contribution in [-0.2, 0) is 10.0 Å². The Bertz CT molecular complexity index is 1440. The van der Waals surface area contributed by atoms with Gasteiger partial charge in [-0.1, -0.05) is 41.9 Å². The van der Waals surface area contributed by atoms with Gasteiger partial charge in [-0.2, -0.15) is 4.98 Å². The molecule has 4 aromatic rings. The van der Waals surface area contributed by atoms with Crippen molar-refractivity contribution >= 4 is 44.0 Å². The summed E-state index contributed by atoms with van der Waals surface area (Å²) in [6.07, 6.45) is 0. The van der Waals surface area contributed by atoms with Gasteiger partial charge in [0.25, 0.3) is 10.0 Å². The molecule has 0 amide bonds. The Hall–Kier alpha value is -3.36. The van der Waals surface area contributed by atoms with E-state index in [1.807, 2.05) is 6.07 Å². The molecule has 0 radical (unpaired) electrons. The van der Waals surface area contributed by atoms with Crippen LogP contribution < -0.4 is 15.7 Å². The molecule has 0 spiro atoms. The highest BCUT2D eigenvalue weighted by molar-refractivity contribution is 7.92. The summed E-state index contributed by atoms with van der Waals surface area (Å²) in [5.74, 6) is 0.127. The molecule has 158 valence electrons. The fourth-order valence-corrected chi connectivity index (χ4v) is 5.13. The number of para-hydroxylation sites is 2. The van der Waals surface area contributed by atoms with Gasteiger partial charge in [-0.15, -0.1) is 0 Å². The molecular weight excluding hydrogens is 436 g/mol. The quantitative estimate of drug-likeness (QED) is 0.494. The lowest BCUT2D eigenvalue weighted by molar-refractivity contribution is 0.592. The second-order valence-corrected chi connectivity index (χ2v) is 9.02. The number of hydrogen-bond donors (Lipinski definition) is 1. The minimum absolute atomic E-state index is 0.0166. The van der Waals surface area contributed by atoms with E-state index < -0.39 is 15.7 Å². The monoisotopic (exact) mass is 454 g/mol. The number of fused-ring (bicyclic) bond motifs is 1. The van der Waals surface area contributed by atoms with Crippen molar-refractivity contribution in [3.05, 3.63) is 88.3 Å². The predicted octanol–water partition coefficient (Wildman–Crippen LogP) is 3.84. The van der Waals surface area contributed by atoms with E-state index in [-0.39, 0.29) is 28.0 Å². The standard InChI is InChI=1S/C22H19ClN4O3S/c1-2-26(15-8-4-3-5-9-15)31(29,30)16-12-13-18(23)20(14-16)27-21(24)17-10-6-7-11-19(17)25-22(27)28/h3-14H,2,24H2,1H3. The molecule has 3 aromatic carbocycles. The molecular formula is C22H19ClN4O3S. The summed E-state index contributed by atoms with van der Waals surface area (Å²) in [5, 5.41) is 0.735. The van der Waals surface area contributed by atoms with Gasteiger partial charge in [0.15, 0.2) is 0 Å². The van der Waals surface area contributed by atoms with Crippen molar-refractivity contribution in [1.29, 1.82) is 0 Å². The number of aromatic nitrogens is 2. The first kappa shape index (κ1) is 20.9. The summed E-state index contributed by atoms with van der Waals surface area (Å²) in [4.78, 5) is 16.8. The van der Waals surface area contributed by atoms with Crippen LogP contribution in [0.5, 0.6) is 0 Å². The molecule has 31 heavy (non-hydrogen) atoms. The molecule has 0 atom stereocenters. The minimum atomic E-state index is -3.92. The lowest BCUT2D eigenvalue weighted by atomic mass is 10.2. The number of halogens is 1. The Kier molecular flexibility index (Phi) is 5.43. The zero-order valence-corrected chi connectivity index (χ0v) is 18.1. The number of nitrogens with zero attached hydrogens (tertiary/aromatic N) is 3. The van der Waals surface area contributed by atoms with Crippen LogP contribution in [0.25, 0.3) is 16.6 Å². The molecule has 0 bridgehead atoms. The average molecular weight is 455 g/mol. The van der Waals surface area contributed by atoms with Crippen molar-refractivity contribution in [1.82, 2.24) is 9.55 Å². The first-order valence-electron chi connectivity index (χ1n) is 9.49. The molecule has 1 aromatic heterocycles. The SMILES string of the molecule is CCN(c1ccccc1)S(=O)(=O)c1ccc(Cl)c(-n2c(N)c3ccccc3nc2=O)c1. The van der Waals surface area contributed by atoms with E-state index in [0.717, 1.165) is 4.57 Å². The number of benzene rings is 3. The summed E-state index contributed by atoms with van der Waals surface area (Å²) >= 11 is 6.35. The fraction of sp³-hybridized carbons (Fsp3) is 0.0909. The van der Waals surface area contributed by atoms with Crippen LogP contribution in [0.4, 0.5) is 11.5 Å². The summed E-state index contributed by atoms with van der Waals surface area (Å²) in [6, 6.07) is 19.9. The third-order valence-corrected chi connectivity index (χ3v) is 7.12. The second kappa shape index (κ2) is 8.05. The van der Waals surface area contributed by atoms with Gasteiger partial charge in [0.1, 0.15) is 5.82 Å². The van der Waals surface area contributed by atoms with Crippen LogP contribution in [0.2, 0.25) is 5.02 Å². The third kappa shape index (κ3) is 3.64. The molecule has 0 unspecified atom stereocenters. The normalized spacial score (nSPS) is 11.5. The second-order valence-electron chi connectivity index (χ2n) is 6.75. The van der Waals surface area contributed by atoms with Crippen LogP contribution in [0, 0.1) is 0 Å². The van der Waals surface area contributed by atoms with E-state index in [9.17, 15) is 13.2 Å². The molecule has 0 saturated carbocycles. The van der Waals surface area contributed by atoms with Crippen LogP contribution in [-0.4, -0.2) is 24.5 Å². The van der Waals surface area contributed by atoms with Crippen LogP contribution in [0.15, 0.2) is 82.5 Å². The predicted molar refractivity (Wildman–Crippen MR) is 123 cm³/mol. The first-order chi connectivity index (χ1) is 14.8. The third-order valence-electron chi connectivity index (χ3n) is 4.91.